The van der Waals surface area contributed by atoms with Crippen molar-refractivity contribution in [3.05, 3.63) is 65.1 Å². The number of anilines is 1. The lowest BCUT2D eigenvalue weighted by molar-refractivity contribution is 0.628. The molecule has 0 aliphatic carbocycles. The molecule has 0 unspecified atom stereocenters. The Morgan fingerprint density at radius 3 is 2.89 bits per heavy atom. The zero-order valence-electron chi connectivity index (χ0n) is 10.1. The molecule has 4 heteroatoms. The summed E-state index contributed by atoms with van der Waals surface area (Å²) in [4.78, 5) is 3.16. The number of halogens is 2. The van der Waals surface area contributed by atoms with Crippen molar-refractivity contribution >= 4 is 28.2 Å². The van der Waals surface area contributed by atoms with Crippen LogP contribution in [0.4, 0.5) is 10.1 Å². The second-order valence-corrected chi connectivity index (χ2v) is 4.78. The molecule has 0 radical (unpaired) electrons. The second-order valence-electron chi connectivity index (χ2n) is 4.38. The normalized spacial score (nSPS) is 10.8. The first-order valence-electron chi connectivity index (χ1n) is 5.97. The van der Waals surface area contributed by atoms with Gasteiger partial charge in [-0.2, -0.15) is 0 Å². The molecule has 2 aromatic carbocycles. The quantitative estimate of drug-likeness (QED) is 0.719. The van der Waals surface area contributed by atoms with Crippen molar-refractivity contribution in [1.29, 1.82) is 0 Å². The van der Waals surface area contributed by atoms with E-state index in [-0.39, 0.29) is 5.82 Å². The van der Waals surface area contributed by atoms with Gasteiger partial charge < -0.3 is 10.3 Å². The molecule has 2 nitrogen and oxygen atoms in total. The SMILES string of the molecule is Fc1ccc(Cl)c(NCc2ccc3cc[nH]c3c2)c1. The topological polar surface area (TPSA) is 27.8 Å². The Kier molecular flexibility index (Phi) is 3.13. The predicted molar refractivity (Wildman–Crippen MR) is 77.0 cm³/mol. The maximum absolute atomic E-state index is 13.1. The number of rotatable bonds is 3. The van der Waals surface area contributed by atoms with Crippen LogP contribution in [0.15, 0.2) is 48.7 Å². The molecule has 3 aromatic rings. The Morgan fingerprint density at radius 1 is 1.11 bits per heavy atom. The minimum Gasteiger partial charge on any atom is -0.380 e. The largest absolute Gasteiger partial charge is 0.380 e. The van der Waals surface area contributed by atoms with E-state index in [0.717, 1.165) is 11.1 Å². The summed E-state index contributed by atoms with van der Waals surface area (Å²) in [5, 5.41) is 4.83. The van der Waals surface area contributed by atoms with Crippen LogP contribution < -0.4 is 5.32 Å². The van der Waals surface area contributed by atoms with Gasteiger partial charge in [0.15, 0.2) is 0 Å². The molecule has 96 valence electrons. The maximum Gasteiger partial charge on any atom is 0.125 e. The third kappa shape index (κ3) is 2.56. The van der Waals surface area contributed by atoms with Crippen molar-refractivity contribution in [3.63, 3.8) is 0 Å². The Hall–Kier alpha value is -2.00. The van der Waals surface area contributed by atoms with Gasteiger partial charge in [-0.3, -0.25) is 0 Å². The first-order chi connectivity index (χ1) is 9.22. The molecule has 19 heavy (non-hydrogen) atoms. The summed E-state index contributed by atoms with van der Waals surface area (Å²) < 4.78 is 13.1. The molecular weight excluding hydrogens is 263 g/mol. The molecule has 0 aliphatic heterocycles. The molecule has 1 heterocycles. The van der Waals surface area contributed by atoms with Gasteiger partial charge in [-0.15, -0.1) is 0 Å². The van der Waals surface area contributed by atoms with Crippen LogP contribution in [-0.4, -0.2) is 4.98 Å². The van der Waals surface area contributed by atoms with Gasteiger partial charge in [0.05, 0.1) is 10.7 Å². The number of hydrogen-bond donors (Lipinski definition) is 2. The van der Waals surface area contributed by atoms with Crippen molar-refractivity contribution in [2.45, 2.75) is 6.54 Å². The van der Waals surface area contributed by atoms with E-state index in [1.807, 2.05) is 18.3 Å². The van der Waals surface area contributed by atoms with E-state index in [1.165, 1.54) is 17.5 Å². The summed E-state index contributed by atoms with van der Waals surface area (Å²) in [6.07, 6.45) is 1.91. The fraction of sp³-hybridized carbons (Fsp3) is 0.0667. The lowest BCUT2D eigenvalue weighted by Gasteiger charge is -2.08. The van der Waals surface area contributed by atoms with Crippen molar-refractivity contribution in [2.24, 2.45) is 0 Å². The van der Waals surface area contributed by atoms with E-state index in [2.05, 4.69) is 22.4 Å². The molecule has 0 saturated heterocycles. The fourth-order valence-corrected chi connectivity index (χ4v) is 2.22. The van der Waals surface area contributed by atoms with Gasteiger partial charge in [0, 0.05) is 18.3 Å². The van der Waals surface area contributed by atoms with Crippen molar-refractivity contribution < 1.29 is 4.39 Å². The van der Waals surface area contributed by atoms with E-state index >= 15 is 0 Å². The van der Waals surface area contributed by atoms with E-state index in [4.69, 9.17) is 11.6 Å². The Bertz CT molecular complexity index is 721. The number of nitrogens with one attached hydrogen (secondary N) is 2. The molecule has 1 aromatic heterocycles. The van der Waals surface area contributed by atoms with Gasteiger partial charge in [-0.05, 0) is 41.3 Å². The monoisotopic (exact) mass is 274 g/mol. The van der Waals surface area contributed by atoms with Crippen molar-refractivity contribution in [3.8, 4) is 0 Å². The van der Waals surface area contributed by atoms with Gasteiger partial charge in [-0.1, -0.05) is 23.7 Å². The highest BCUT2D eigenvalue weighted by Crippen LogP contribution is 2.23. The first kappa shape index (κ1) is 12.1. The van der Waals surface area contributed by atoms with Gasteiger partial charge in [-0.25, -0.2) is 4.39 Å². The molecule has 0 aliphatic rings. The van der Waals surface area contributed by atoms with Crippen LogP contribution in [0, 0.1) is 5.82 Å². The zero-order valence-corrected chi connectivity index (χ0v) is 10.8. The number of aromatic nitrogens is 1. The van der Waals surface area contributed by atoms with Crippen LogP contribution in [-0.2, 0) is 6.54 Å². The molecule has 2 N–H and O–H groups in total. The summed E-state index contributed by atoms with van der Waals surface area (Å²) in [7, 11) is 0. The Labute approximate surface area is 115 Å². The number of aromatic amines is 1. The van der Waals surface area contributed by atoms with Gasteiger partial charge in [0.2, 0.25) is 0 Å². The van der Waals surface area contributed by atoms with Crippen LogP contribution in [0.5, 0.6) is 0 Å². The summed E-state index contributed by atoms with van der Waals surface area (Å²) in [6, 6.07) is 12.5. The third-order valence-corrected chi connectivity index (χ3v) is 3.36. The highest BCUT2D eigenvalue weighted by Gasteiger charge is 2.02. The van der Waals surface area contributed by atoms with E-state index < -0.39 is 0 Å². The average molecular weight is 275 g/mol. The summed E-state index contributed by atoms with van der Waals surface area (Å²) in [6.45, 7) is 0.595. The maximum atomic E-state index is 13.1. The summed E-state index contributed by atoms with van der Waals surface area (Å²) >= 11 is 6.00. The smallest absolute Gasteiger partial charge is 0.125 e. The van der Waals surface area contributed by atoms with Crippen LogP contribution in [0.1, 0.15) is 5.56 Å². The van der Waals surface area contributed by atoms with Crippen molar-refractivity contribution in [2.75, 3.05) is 5.32 Å². The lowest BCUT2D eigenvalue weighted by atomic mass is 10.1. The molecule has 0 bridgehead atoms. The number of hydrogen-bond acceptors (Lipinski definition) is 1. The number of fused-ring (bicyclic) bond motifs is 1. The van der Waals surface area contributed by atoms with Gasteiger partial charge in [0.1, 0.15) is 5.82 Å². The van der Waals surface area contributed by atoms with Crippen LogP contribution >= 0.6 is 11.6 Å². The molecule has 0 amide bonds. The van der Waals surface area contributed by atoms with Crippen LogP contribution in [0.2, 0.25) is 5.02 Å². The molecule has 0 fully saturated rings. The number of H-pyrrole nitrogens is 1. The van der Waals surface area contributed by atoms with E-state index in [0.29, 0.717) is 17.3 Å². The van der Waals surface area contributed by atoms with E-state index in [1.54, 1.807) is 6.07 Å². The second kappa shape index (κ2) is 4.94. The number of benzene rings is 2. The zero-order chi connectivity index (χ0) is 13.2. The van der Waals surface area contributed by atoms with Gasteiger partial charge in [0.25, 0.3) is 0 Å². The van der Waals surface area contributed by atoms with Crippen LogP contribution in [0.3, 0.4) is 0 Å². The molecule has 3 rings (SSSR count). The molecule has 0 spiro atoms. The predicted octanol–water partition coefficient (Wildman–Crippen LogP) is 4.57. The fourth-order valence-electron chi connectivity index (χ4n) is 2.04. The Morgan fingerprint density at radius 2 is 2.00 bits per heavy atom. The van der Waals surface area contributed by atoms with Crippen LogP contribution in [0.25, 0.3) is 10.9 Å². The molecule has 0 saturated carbocycles. The Balaban J connectivity index is 1.79. The highest BCUT2D eigenvalue weighted by atomic mass is 35.5. The third-order valence-electron chi connectivity index (χ3n) is 3.03. The summed E-state index contributed by atoms with van der Waals surface area (Å²) in [5.74, 6) is -0.299. The standard InChI is InChI=1S/C15H12ClFN2/c16-13-4-3-12(17)8-15(13)19-9-10-1-2-11-5-6-18-14(11)7-10/h1-8,18-19H,9H2. The summed E-state index contributed by atoms with van der Waals surface area (Å²) in [5.41, 5.74) is 2.80. The van der Waals surface area contributed by atoms with Crippen molar-refractivity contribution in [1.82, 2.24) is 4.98 Å². The lowest BCUT2D eigenvalue weighted by Crippen LogP contribution is -2.00. The van der Waals surface area contributed by atoms with Gasteiger partial charge >= 0.3 is 0 Å². The average Bonchev–Trinajstić information content (AvgIpc) is 2.87. The first-order valence-corrected chi connectivity index (χ1v) is 6.35. The molecule has 0 atom stereocenters. The minimum absolute atomic E-state index is 0.299. The van der Waals surface area contributed by atoms with E-state index in [9.17, 15) is 4.39 Å². The highest BCUT2D eigenvalue weighted by molar-refractivity contribution is 6.33. The molecular formula is C15H12ClFN2. The minimum atomic E-state index is -0.299.